The van der Waals surface area contributed by atoms with Gasteiger partial charge in [-0.15, -0.1) is 0 Å². The number of rotatable bonds is 3. The third-order valence-electron chi connectivity index (χ3n) is 2.66. The summed E-state index contributed by atoms with van der Waals surface area (Å²) >= 11 is 0. The minimum Gasteiger partial charge on any atom is -0.478 e. The van der Waals surface area contributed by atoms with Gasteiger partial charge in [-0.1, -0.05) is 24.3 Å². The van der Waals surface area contributed by atoms with Crippen molar-refractivity contribution in [2.75, 3.05) is 0 Å². The Balaban J connectivity index is 2.72. The third kappa shape index (κ3) is 2.44. The van der Waals surface area contributed by atoms with E-state index in [0.29, 0.717) is 0 Å². The van der Waals surface area contributed by atoms with Gasteiger partial charge in [0.1, 0.15) is 5.82 Å². The molecule has 0 radical (unpaired) electrons. The van der Waals surface area contributed by atoms with Crippen LogP contribution in [0.1, 0.15) is 20.7 Å². The van der Waals surface area contributed by atoms with Crippen molar-refractivity contribution in [3.63, 3.8) is 0 Å². The Morgan fingerprint density at radius 1 is 0.842 bits per heavy atom. The number of hydrogen-bond acceptors (Lipinski definition) is 2. The third-order valence-corrected chi connectivity index (χ3v) is 2.66. The summed E-state index contributed by atoms with van der Waals surface area (Å²) in [6.45, 7) is 0. The maximum Gasteiger partial charge on any atom is 0.336 e. The first-order valence-electron chi connectivity index (χ1n) is 5.36. The van der Waals surface area contributed by atoms with Crippen molar-refractivity contribution in [1.82, 2.24) is 0 Å². The molecule has 0 aliphatic heterocycles. The average Bonchev–Trinajstić information content (AvgIpc) is 2.38. The molecule has 0 bridgehead atoms. The lowest BCUT2D eigenvalue weighted by atomic mass is 9.95. The van der Waals surface area contributed by atoms with Crippen LogP contribution in [0.25, 0.3) is 11.1 Å². The zero-order valence-electron chi connectivity index (χ0n) is 9.63. The molecular weight excluding hydrogens is 251 g/mol. The van der Waals surface area contributed by atoms with Gasteiger partial charge in [0, 0.05) is 0 Å². The lowest BCUT2D eigenvalue weighted by Crippen LogP contribution is -2.04. The normalized spacial score (nSPS) is 10.2. The molecule has 0 fully saturated rings. The summed E-state index contributed by atoms with van der Waals surface area (Å²) in [5, 5.41) is 18.2. The van der Waals surface area contributed by atoms with Crippen molar-refractivity contribution < 1.29 is 24.2 Å². The summed E-state index contributed by atoms with van der Waals surface area (Å²) in [6, 6.07) is 9.22. The van der Waals surface area contributed by atoms with Crippen molar-refractivity contribution in [2.24, 2.45) is 0 Å². The van der Waals surface area contributed by atoms with Crippen LogP contribution >= 0.6 is 0 Å². The lowest BCUT2D eigenvalue weighted by Gasteiger charge is -2.09. The van der Waals surface area contributed by atoms with E-state index < -0.39 is 17.8 Å². The first kappa shape index (κ1) is 12.8. The topological polar surface area (TPSA) is 74.6 Å². The minimum absolute atomic E-state index is 0.0309. The molecular formula is C14H9FO4. The Morgan fingerprint density at radius 3 is 2.05 bits per heavy atom. The molecule has 0 heterocycles. The zero-order valence-corrected chi connectivity index (χ0v) is 9.63. The van der Waals surface area contributed by atoms with Crippen molar-refractivity contribution in [3.05, 3.63) is 59.4 Å². The molecule has 96 valence electrons. The largest absolute Gasteiger partial charge is 0.478 e. The van der Waals surface area contributed by atoms with E-state index in [0.717, 1.165) is 12.1 Å². The summed E-state index contributed by atoms with van der Waals surface area (Å²) in [4.78, 5) is 22.2. The van der Waals surface area contributed by atoms with E-state index in [2.05, 4.69) is 0 Å². The molecule has 0 spiro atoms. The van der Waals surface area contributed by atoms with Crippen LogP contribution in [0.3, 0.4) is 0 Å². The zero-order chi connectivity index (χ0) is 14.0. The Hall–Kier alpha value is -2.69. The maximum atomic E-state index is 13.1. The smallest absolute Gasteiger partial charge is 0.336 e. The molecule has 0 atom stereocenters. The standard InChI is InChI=1S/C14H9FO4/c15-8-5-6-10(12(7-8)14(18)19)9-3-1-2-4-11(9)13(16)17/h1-7H,(H,16,17)(H,18,19). The highest BCUT2D eigenvalue weighted by Gasteiger charge is 2.17. The predicted octanol–water partition coefficient (Wildman–Crippen LogP) is 2.89. The van der Waals surface area contributed by atoms with Crippen molar-refractivity contribution in [1.29, 1.82) is 0 Å². The number of carbonyl (C=O) groups is 2. The van der Waals surface area contributed by atoms with Gasteiger partial charge in [0.25, 0.3) is 0 Å². The quantitative estimate of drug-likeness (QED) is 0.889. The first-order chi connectivity index (χ1) is 9.00. The second-order valence-electron chi connectivity index (χ2n) is 3.85. The molecule has 2 N–H and O–H groups in total. The summed E-state index contributed by atoms with van der Waals surface area (Å²) in [6.07, 6.45) is 0. The Bertz CT molecular complexity index is 664. The molecule has 0 aliphatic carbocycles. The Kier molecular flexibility index (Phi) is 3.29. The molecule has 0 saturated carbocycles. The molecule has 2 rings (SSSR count). The number of carboxylic acids is 2. The van der Waals surface area contributed by atoms with E-state index in [1.54, 1.807) is 6.07 Å². The monoisotopic (exact) mass is 260 g/mol. The van der Waals surface area contributed by atoms with E-state index in [1.807, 2.05) is 0 Å². The average molecular weight is 260 g/mol. The van der Waals surface area contributed by atoms with Crippen LogP contribution in [-0.4, -0.2) is 22.2 Å². The molecule has 0 amide bonds. The van der Waals surface area contributed by atoms with E-state index >= 15 is 0 Å². The van der Waals surface area contributed by atoms with E-state index in [4.69, 9.17) is 10.2 Å². The summed E-state index contributed by atoms with van der Waals surface area (Å²) in [5.74, 6) is -3.17. The highest BCUT2D eigenvalue weighted by atomic mass is 19.1. The Labute approximate surface area is 107 Å². The molecule has 0 unspecified atom stereocenters. The van der Waals surface area contributed by atoms with Gasteiger partial charge in [0.15, 0.2) is 0 Å². The predicted molar refractivity (Wildman–Crippen MR) is 65.8 cm³/mol. The summed E-state index contributed by atoms with van der Waals surface area (Å²) in [7, 11) is 0. The number of halogens is 1. The fourth-order valence-electron chi connectivity index (χ4n) is 1.83. The lowest BCUT2D eigenvalue weighted by molar-refractivity contribution is 0.0684. The van der Waals surface area contributed by atoms with Crippen LogP contribution in [0.5, 0.6) is 0 Å². The van der Waals surface area contributed by atoms with Crippen LogP contribution in [0, 0.1) is 5.82 Å². The molecule has 0 aromatic heterocycles. The van der Waals surface area contributed by atoms with Crippen LogP contribution in [0.15, 0.2) is 42.5 Å². The van der Waals surface area contributed by atoms with Crippen molar-refractivity contribution in [2.45, 2.75) is 0 Å². The highest BCUT2D eigenvalue weighted by molar-refractivity contribution is 6.02. The molecule has 19 heavy (non-hydrogen) atoms. The number of benzene rings is 2. The van der Waals surface area contributed by atoms with E-state index in [1.165, 1.54) is 24.3 Å². The number of hydrogen-bond donors (Lipinski definition) is 2. The fraction of sp³-hybridized carbons (Fsp3) is 0. The van der Waals surface area contributed by atoms with Gasteiger partial charge in [-0.05, 0) is 29.3 Å². The fourth-order valence-corrected chi connectivity index (χ4v) is 1.83. The molecule has 4 nitrogen and oxygen atoms in total. The minimum atomic E-state index is -1.31. The summed E-state index contributed by atoms with van der Waals surface area (Å²) in [5.41, 5.74) is 0.115. The van der Waals surface area contributed by atoms with Crippen LogP contribution in [0.2, 0.25) is 0 Å². The van der Waals surface area contributed by atoms with Crippen LogP contribution in [0.4, 0.5) is 4.39 Å². The molecule has 5 heteroatoms. The van der Waals surface area contributed by atoms with Gasteiger partial charge in [0.2, 0.25) is 0 Å². The van der Waals surface area contributed by atoms with Gasteiger partial charge in [-0.2, -0.15) is 0 Å². The van der Waals surface area contributed by atoms with Gasteiger partial charge < -0.3 is 10.2 Å². The van der Waals surface area contributed by atoms with Crippen molar-refractivity contribution >= 4 is 11.9 Å². The summed E-state index contributed by atoms with van der Waals surface area (Å²) < 4.78 is 13.1. The Morgan fingerprint density at radius 2 is 1.42 bits per heavy atom. The van der Waals surface area contributed by atoms with Gasteiger partial charge in [-0.25, -0.2) is 14.0 Å². The molecule has 0 aliphatic rings. The van der Waals surface area contributed by atoms with E-state index in [9.17, 15) is 14.0 Å². The van der Waals surface area contributed by atoms with Gasteiger partial charge in [-0.3, -0.25) is 0 Å². The second-order valence-corrected chi connectivity index (χ2v) is 3.85. The van der Waals surface area contributed by atoms with Crippen LogP contribution < -0.4 is 0 Å². The van der Waals surface area contributed by atoms with Gasteiger partial charge >= 0.3 is 11.9 Å². The molecule has 2 aromatic carbocycles. The molecule has 2 aromatic rings. The van der Waals surface area contributed by atoms with E-state index in [-0.39, 0.29) is 22.3 Å². The second kappa shape index (κ2) is 4.89. The van der Waals surface area contributed by atoms with Crippen molar-refractivity contribution in [3.8, 4) is 11.1 Å². The highest BCUT2D eigenvalue weighted by Crippen LogP contribution is 2.28. The maximum absolute atomic E-state index is 13.1. The molecule has 0 saturated heterocycles. The number of carboxylic acid groups (broad SMARTS) is 2. The van der Waals surface area contributed by atoms with Crippen LogP contribution in [-0.2, 0) is 0 Å². The first-order valence-corrected chi connectivity index (χ1v) is 5.36. The SMILES string of the molecule is O=C(O)c1ccccc1-c1ccc(F)cc1C(=O)O. The number of aromatic carboxylic acids is 2. The van der Waals surface area contributed by atoms with Gasteiger partial charge in [0.05, 0.1) is 11.1 Å².